The molecule has 1 fully saturated rings. The summed E-state index contributed by atoms with van der Waals surface area (Å²) in [5, 5.41) is 0. The maximum absolute atomic E-state index is 2.75. The average molecular weight is 403 g/mol. The van der Waals surface area contributed by atoms with Crippen molar-refractivity contribution in [3.8, 4) is 0 Å². The number of benzene rings is 2. The van der Waals surface area contributed by atoms with E-state index >= 15 is 0 Å². The van der Waals surface area contributed by atoms with Crippen molar-refractivity contribution >= 4 is 11.9 Å². The zero-order valence-corrected chi connectivity index (χ0v) is 20.1. The Bertz CT molecular complexity index is 912. The maximum Gasteiger partial charge on any atom is 0.212 e. The summed E-state index contributed by atoms with van der Waals surface area (Å²) < 4.78 is 2.75. The molecule has 0 spiro atoms. The summed E-state index contributed by atoms with van der Waals surface area (Å²) in [5.41, 5.74) is 6.42. The second-order valence-corrected chi connectivity index (χ2v) is 10.9. The highest BCUT2D eigenvalue weighted by atomic mass is 15.1. The van der Waals surface area contributed by atoms with Crippen LogP contribution in [0.15, 0.2) is 48.5 Å². The Labute approximate surface area is 184 Å². The largest absolute Gasteiger partial charge is 0.212 e. The molecule has 30 heavy (non-hydrogen) atoms. The normalized spacial score (nSPS) is 29.4. The Morgan fingerprint density at radius 2 is 1.43 bits per heavy atom. The molecule has 5 rings (SSSR count). The Kier molecular flexibility index (Phi) is 5.45. The molecule has 1 saturated carbocycles. The van der Waals surface area contributed by atoms with Gasteiger partial charge in [0, 0.05) is 30.9 Å². The number of fused-ring (bicyclic) bond motifs is 2. The number of rotatable bonds is 5. The summed E-state index contributed by atoms with van der Waals surface area (Å²) in [7, 11) is 0. The van der Waals surface area contributed by atoms with E-state index in [2.05, 4.69) is 108 Å². The molecular weight excluding hydrogens is 362 g/mol. The molecule has 0 unspecified atom stereocenters. The fraction of sp³-hybridized carbons (Fsp3) is 0.552. The monoisotopic (exact) mass is 402 g/mol. The predicted octanol–water partition coefficient (Wildman–Crippen LogP) is 8.03. The first-order valence-corrected chi connectivity index (χ1v) is 12.0. The fourth-order valence-electron chi connectivity index (χ4n) is 6.42. The standard InChI is InChI=1S/C29H40N/c1-20(2)25-14-11-15-26(21(3)4)27(25)30-19-29(17-16-28(30,7)18-22(29)5)23(6)24-12-9-8-10-13-24/h8-15,19-23H,16-18H2,1-7H3/q+1/t22-,23-,28-,29+/m0/s1. The van der Waals surface area contributed by atoms with E-state index in [-0.39, 0.29) is 11.0 Å². The maximum atomic E-state index is 2.75. The van der Waals surface area contributed by atoms with Crippen LogP contribution in [-0.4, -0.2) is 16.3 Å². The van der Waals surface area contributed by atoms with E-state index in [0.29, 0.717) is 23.7 Å². The molecule has 2 aromatic rings. The number of para-hydroxylation sites is 1. The van der Waals surface area contributed by atoms with Gasteiger partial charge in [0.1, 0.15) is 0 Å². The first kappa shape index (κ1) is 21.3. The minimum absolute atomic E-state index is 0.214. The second kappa shape index (κ2) is 7.66. The van der Waals surface area contributed by atoms with Crippen LogP contribution in [0.1, 0.15) is 102 Å². The highest BCUT2D eigenvalue weighted by molar-refractivity contribution is 5.69. The summed E-state index contributed by atoms with van der Waals surface area (Å²) in [4.78, 5) is 0. The van der Waals surface area contributed by atoms with Crippen molar-refractivity contribution < 1.29 is 4.58 Å². The van der Waals surface area contributed by atoms with Crippen LogP contribution in [0.2, 0.25) is 0 Å². The molecule has 0 radical (unpaired) electrons. The van der Waals surface area contributed by atoms with Gasteiger partial charge in [-0.3, -0.25) is 0 Å². The SMILES string of the molecule is CC(C)c1cccc(C(C)C)c1[N+]1=C[C@]2([C@@H](C)c3ccccc3)CC[C@@]1(C)C[C@@H]2C. The summed E-state index contributed by atoms with van der Waals surface area (Å²) >= 11 is 0. The molecule has 2 aromatic carbocycles. The molecule has 160 valence electrons. The van der Waals surface area contributed by atoms with Crippen molar-refractivity contribution in [1.29, 1.82) is 0 Å². The van der Waals surface area contributed by atoms with Gasteiger partial charge < -0.3 is 0 Å². The van der Waals surface area contributed by atoms with Gasteiger partial charge in [0.2, 0.25) is 5.69 Å². The van der Waals surface area contributed by atoms with Crippen molar-refractivity contribution in [1.82, 2.24) is 0 Å². The topological polar surface area (TPSA) is 3.01 Å². The first-order valence-electron chi connectivity index (χ1n) is 12.0. The number of hydrogen-bond donors (Lipinski definition) is 0. The molecular formula is C29H40N+. The van der Waals surface area contributed by atoms with Crippen molar-refractivity contribution in [2.75, 3.05) is 0 Å². The first-order chi connectivity index (χ1) is 14.2. The van der Waals surface area contributed by atoms with Crippen molar-refractivity contribution in [3.05, 3.63) is 65.2 Å². The lowest BCUT2D eigenvalue weighted by Crippen LogP contribution is -2.58. The molecule has 0 saturated heterocycles. The van der Waals surface area contributed by atoms with Crippen LogP contribution in [0.25, 0.3) is 0 Å². The van der Waals surface area contributed by atoms with Crippen LogP contribution in [0.4, 0.5) is 5.69 Å². The smallest absolute Gasteiger partial charge is 0.197 e. The quantitative estimate of drug-likeness (QED) is 0.445. The molecule has 2 bridgehead atoms. The summed E-state index contributed by atoms with van der Waals surface area (Å²) in [6, 6.07) is 18.2. The molecule has 1 aliphatic carbocycles. The zero-order chi connectivity index (χ0) is 21.7. The Balaban J connectivity index is 1.94. The minimum atomic E-state index is 0.214. The van der Waals surface area contributed by atoms with Crippen LogP contribution >= 0.6 is 0 Å². The Hall–Kier alpha value is -1.89. The second-order valence-electron chi connectivity index (χ2n) is 10.9. The van der Waals surface area contributed by atoms with E-state index in [1.54, 1.807) is 0 Å². The van der Waals surface area contributed by atoms with Crippen LogP contribution in [0, 0.1) is 11.3 Å². The third kappa shape index (κ3) is 3.26. The van der Waals surface area contributed by atoms with E-state index in [1.807, 2.05) is 0 Å². The Morgan fingerprint density at radius 3 is 1.97 bits per heavy atom. The number of nitrogens with zero attached hydrogens (tertiary/aromatic N) is 1. The van der Waals surface area contributed by atoms with Crippen LogP contribution < -0.4 is 0 Å². The van der Waals surface area contributed by atoms with E-state index in [0.717, 1.165) is 0 Å². The van der Waals surface area contributed by atoms with Gasteiger partial charge in [-0.05, 0) is 35.7 Å². The zero-order valence-electron chi connectivity index (χ0n) is 20.1. The predicted molar refractivity (Wildman–Crippen MR) is 129 cm³/mol. The van der Waals surface area contributed by atoms with Crippen LogP contribution in [-0.2, 0) is 0 Å². The molecule has 4 atom stereocenters. The summed E-state index contributed by atoms with van der Waals surface area (Å²) in [5.74, 6) is 2.26. The van der Waals surface area contributed by atoms with Crippen molar-refractivity contribution in [2.24, 2.45) is 11.3 Å². The average Bonchev–Trinajstić information content (AvgIpc) is 2.73. The minimum Gasteiger partial charge on any atom is -0.197 e. The van der Waals surface area contributed by atoms with E-state index in [9.17, 15) is 0 Å². The summed E-state index contributed by atoms with van der Waals surface area (Å²) in [6.07, 6.45) is 6.52. The lowest BCUT2D eigenvalue weighted by atomic mass is 9.53. The lowest BCUT2D eigenvalue weighted by Gasteiger charge is -2.52. The van der Waals surface area contributed by atoms with Gasteiger partial charge in [0.25, 0.3) is 0 Å². The van der Waals surface area contributed by atoms with Crippen LogP contribution in [0.3, 0.4) is 0 Å². The molecule has 1 nitrogen and oxygen atoms in total. The third-order valence-electron chi connectivity index (χ3n) is 8.40. The molecule has 3 aliphatic rings. The van der Waals surface area contributed by atoms with Gasteiger partial charge in [-0.25, -0.2) is 0 Å². The molecule has 0 N–H and O–H groups in total. The number of hydrogen-bond acceptors (Lipinski definition) is 0. The highest BCUT2D eigenvalue weighted by Gasteiger charge is 2.59. The highest BCUT2D eigenvalue weighted by Crippen LogP contribution is 2.58. The van der Waals surface area contributed by atoms with E-state index < -0.39 is 0 Å². The molecule has 0 aromatic heterocycles. The Morgan fingerprint density at radius 1 is 0.833 bits per heavy atom. The lowest BCUT2D eigenvalue weighted by molar-refractivity contribution is -0.553. The van der Waals surface area contributed by atoms with Gasteiger partial charge >= 0.3 is 0 Å². The van der Waals surface area contributed by atoms with Crippen molar-refractivity contribution in [2.45, 2.75) is 91.0 Å². The molecule has 0 amide bonds. The third-order valence-corrected chi connectivity index (χ3v) is 8.40. The van der Waals surface area contributed by atoms with E-state index in [4.69, 9.17) is 0 Å². The molecule has 1 heteroatoms. The molecule has 2 heterocycles. The van der Waals surface area contributed by atoms with Gasteiger partial charge in [-0.1, -0.05) is 90.1 Å². The van der Waals surface area contributed by atoms with Gasteiger partial charge in [0.15, 0.2) is 11.8 Å². The van der Waals surface area contributed by atoms with Gasteiger partial charge in [-0.2, -0.15) is 4.58 Å². The van der Waals surface area contributed by atoms with Crippen molar-refractivity contribution in [3.63, 3.8) is 0 Å². The van der Waals surface area contributed by atoms with E-state index in [1.165, 1.54) is 41.6 Å². The van der Waals surface area contributed by atoms with Gasteiger partial charge in [0.05, 0.1) is 5.41 Å². The van der Waals surface area contributed by atoms with Gasteiger partial charge in [-0.15, -0.1) is 0 Å². The summed E-state index contributed by atoms with van der Waals surface area (Å²) in [6.45, 7) is 16.9. The molecule has 2 aliphatic heterocycles. The fourth-order valence-corrected chi connectivity index (χ4v) is 6.42. The van der Waals surface area contributed by atoms with Crippen LogP contribution in [0.5, 0.6) is 0 Å².